The summed E-state index contributed by atoms with van der Waals surface area (Å²) >= 11 is 0. The van der Waals surface area contributed by atoms with Crippen LogP contribution >= 0.6 is 0 Å². The summed E-state index contributed by atoms with van der Waals surface area (Å²) in [5, 5.41) is 7.69. The smallest absolute Gasteiger partial charge is 0.320 e. The van der Waals surface area contributed by atoms with Crippen molar-refractivity contribution in [3.05, 3.63) is 47.8 Å². The zero-order valence-electron chi connectivity index (χ0n) is 18.4. The van der Waals surface area contributed by atoms with Gasteiger partial charge in [-0.3, -0.25) is 4.98 Å². The molecule has 1 saturated carbocycles. The van der Waals surface area contributed by atoms with Crippen molar-refractivity contribution in [2.45, 2.75) is 25.4 Å². The summed E-state index contributed by atoms with van der Waals surface area (Å²) < 4.78 is 97.9. The molecule has 0 amide bonds. The Bertz CT molecular complexity index is 1550. The van der Waals surface area contributed by atoms with Crippen LogP contribution in [0.5, 0.6) is 0 Å². The number of nitrogens with zero attached hydrogens (tertiary/aromatic N) is 6. The predicted molar refractivity (Wildman–Crippen MR) is 116 cm³/mol. The highest BCUT2D eigenvalue weighted by Crippen LogP contribution is 2.57. The lowest BCUT2D eigenvalue weighted by molar-refractivity contribution is -0.168. The van der Waals surface area contributed by atoms with Gasteiger partial charge < -0.3 is 4.90 Å². The Balaban J connectivity index is 1.70. The first kappa shape index (κ1) is 23.8. The Hall–Kier alpha value is -3.95. The van der Waals surface area contributed by atoms with Crippen LogP contribution in [-0.4, -0.2) is 44.1 Å². The lowest BCUT2D eigenvalue weighted by atomic mass is 10.1. The maximum Gasteiger partial charge on any atom is 0.405 e. The molecule has 0 aliphatic heterocycles. The van der Waals surface area contributed by atoms with Crippen molar-refractivity contribution < 1.29 is 30.7 Å². The number of aromatic nitrogens is 5. The van der Waals surface area contributed by atoms with Gasteiger partial charge in [0, 0.05) is 29.9 Å². The monoisotopic (exact) mass is 508 g/mol. The van der Waals surface area contributed by atoms with E-state index in [2.05, 4.69) is 32.1 Å². The van der Waals surface area contributed by atoms with Crippen LogP contribution in [0.15, 0.2) is 30.6 Å². The first-order valence-electron chi connectivity index (χ1n) is 10.6. The van der Waals surface area contributed by atoms with Crippen LogP contribution < -0.4 is 4.90 Å². The minimum absolute atomic E-state index is 0.00365. The third-order valence-corrected chi connectivity index (χ3v) is 5.91. The Labute approximate surface area is 198 Å². The van der Waals surface area contributed by atoms with Crippen LogP contribution in [0.2, 0.25) is 0 Å². The molecular formula is C23H15F7N6. The van der Waals surface area contributed by atoms with E-state index in [0.717, 1.165) is 29.3 Å². The molecule has 0 bridgehead atoms. The fraction of sp³-hybridized carbons (Fsp3) is 0.304. The number of halogens is 7. The summed E-state index contributed by atoms with van der Waals surface area (Å²) in [7, 11) is 1.53. The zero-order chi connectivity index (χ0) is 25.8. The molecule has 4 aromatic rings. The molecule has 1 aliphatic carbocycles. The maximum absolute atomic E-state index is 15.0. The predicted octanol–water partition coefficient (Wildman–Crippen LogP) is 5.29. The number of anilines is 2. The van der Waals surface area contributed by atoms with E-state index >= 15 is 0 Å². The number of aryl methyl sites for hydroxylation is 1. The number of benzene rings is 1. The van der Waals surface area contributed by atoms with Crippen molar-refractivity contribution in [3.8, 4) is 11.8 Å². The van der Waals surface area contributed by atoms with E-state index in [0.29, 0.717) is 5.52 Å². The van der Waals surface area contributed by atoms with Gasteiger partial charge in [-0.25, -0.2) is 27.2 Å². The van der Waals surface area contributed by atoms with Crippen LogP contribution in [0.25, 0.3) is 21.9 Å². The lowest BCUT2D eigenvalue weighted by Crippen LogP contribution is -2.25. The second-order valence-electron chi connectivity index (χ2n) is 8.39. The second kappa shape index (κ2) is 8.32. The van der Waals surface area contributed by atoms with Crippen LogP contribution in [0.4, 0.5) is 42.2 Å². The zero-order valence-corrected chi connectivity index (χ0v) is 18.4. The van der Waals surface area contributed by atoms with Gasteiger partial charge in [0.15, 0.2) is 5.82 Å². The molecule has 3 heterocycles. The third-order valence-electron chi connectivity index (χ3n) is 5.91. The second-order valence-corrected chi connectivity index (χ2v) is 8.39. The summed E-state index contributed by atoms with van der Waals surface area (Å²) in [4.78, 5) is 8.91. The molecule has 0 unspecified atom stereocenters. The van der Waals surface area contributed by atoms with Crippen molar-refractivity contribution >= 4 is 33.4 Å². The van der Waals surface area contributed by atoms with Crippen molar-refractivity contribution in [2.24, 2.45) is 12.5 Å². The Morgan fingerprint density at radius 3 is 2.56 bits per heavy atom. The Kier molecular flexibility index (Phi) is 5.50. The Morgan fingerprint density at radius 2 is 1.89 bits per heavy atom. The largest absolute Gasteiger partial charge is 0.405 e. The average Bonchev–Trinajstić information content (AvgIpc) is 3.52. The fourth-order valence-corrected chi connectivity index (χ4v) is 3.96. The van der Waals surface area contributed by atoms with E-state index in [9.17, 15) is 30.7 Å². The molecule has 0 N–H and O–H groups in total. The molecule has 1 aromatic carbocycles. The normalized spacial score (nSPS) is 14.8. The van der Waals surface area contributed by atoms with Crippen LogP contribution in [-0.2, 0) is 7.05 Å². The van der Waals surface area contributed by atoms with Gasteiger partial charge in [0.05, 0.1) is 18.1 Å². The molecule has 0 spiro atoms. The summed E-state index contributed by atoms with van der Waals surface area (Å²) in [5.74, 6) is 2.36. The molecule has 186 valence electrons. The van der Waals surface area contributed by atoms with Gasteiger partial charge in [-0.2, -0.15) is 13.2 Å². The number of rotatable bonds is 4. The SMILES string of the molecule is Cn1nnc2nc(N(CC(F)F)c3cc(F)cc(C#CC4(C(F)(F)F)CC4)c3)c3c(F)cncc3c21. The quantitative estimate of drug-likeness (QED) is 0.277. The molecule has 3 aromatic heterocycles. The summed E-state index contributed by atoms with van der Waals surface area (Å²) in [6.45, 7) is -1.03. The first-order chi connectivity index (χ1) is 17.0. The van der Waals surface area contributed by atoms with E-state index < -0.39 is 36.2 Å². The van der Waals surface area contributed by atoms with Gasteiger partial charge in [-0.15, -0.1) is 5.10 Å². The first-order valence-corrected chi connectivity index (χ1v) is 10.6. The van der Waals surface area contributed by atoms with Gasteiger partial charge in [0.1, 0.15) is 22.6 Å². The summed E-state index contributed by atoms with van der Waals surface area (Å²) in [6.07, 6.45) is -5.70. The molecule has 0 atom stereocenters. The topological polar surface area (TPSA) is 59.7 Å². The molecule has 5 rings (SSSR count). The molecule has 1 aliphatic rings. The minimum atomic E-state index is -4.54. The highest BCUT2D eigenvalue weighted by atomic mass is 19.4. The molecule has 0 radical (unpaired) electrons. The molecule has 13 heteroatoms. The number of pyridine rings is 2. The van der Waals surface area contributed by atoms with Gasteiger partial charge in [-0.1, -0.05) is 17.1 Å². The molecular weight excluding hydrogens is 493 g/mol. The number of hydrogen-bond acceptors (Lipinski definition) is 5. The molecule has 1 fully saturated rings. The number of hydrogen-bond donors (Lipinski definition) is 0. The Morgan fingerprint density at radius 1 is 1.14 bits per heavy atom. The lowest BCUT2D eigenvalue weighted by Gasteiger charge is -2.25. The minimum Gasteiger partial charge on any atom is -0.320 e. The van der Waals surface area contributed by atoms with Crippen molar-refractivity contribution in [3.63, 3.8) is 0 Å². The van der Waals surface area contributed by atoms with Gasteiger partial charge in [0.2, 0.25) is 5.65 Å². The standard InChI is InChI=1S/C23H15F7N6/c1-35-19-15-9-31-10-16(25)18(15)21(32-20(19)33-34-35)36(11-17(26)27)14-7-12(6-13(24)8-14)2-3-22(4-5-22)23(28,29)30/h6-10,17H,4-5,11H2,1H3. The fourth-order valence-electron chi connectivity index (χ4n) is 3.96. The van der Waals surface area contributed by atoms with Gasteiger partial charge >= 0.3 is 6.18 Å². The molecule has 0 saturated heterocycles. The van der Waals surface area contributed by atoms with E-state index in [1.165, 1.54) is 17.9 Å². The summed E-state index contributed by atoms with van der Waals surface area (Å²) in [5.41, 5.74) is -2.22. The van der Waals surface area contributed by atoms with E-state index in [-0.39, 0.29) is 46.3 Å². The van der Waals surface area contributed by atoms with E-state index in [1.54, 1.807) is 0 Å². The average molecular weight is 508 g/mol. The van der Waals surface area contributed by atoms with Crippen molar-refractivity contribution in [1.29, 1.82) is 0 Å². The van der Waals surface area contributed by atoms with E-state index in [1.807, 2.05) is 0 Å². The van der Waals surface area contributed by atoms with Crippen molar-refractivity contribution in [1.82, 2.24) is 25.0 Å². The molecule has 6 nitrogen and oxygen atoms in total. The van der Waals surface area contributed by atoms with Crippen molar-refractivity contribution in [2.75, 3.05) is 11.4 Å². The number of alkyl halides is 5. The third kappa shape index (κ3) is 4.06. The van der Waals surface area contributed by atoms with Crippen LogP contribution in [0.3, 0.4) is 0 Å². The van der Waals surface area contributed by atoms with E-state index in [4.69, 9.17) is 0 Å². The highest BCUT2D eigenvalue weighted by Gasteiger charge is 2.62. The van der Waals surface area contributed by atoms with Gasteiger partial charge in [0.25, 0.3) is 6.43 Å². The highest BCUT2D eigenvalue weighted by molar-refractivity contribution is 6.08. The number of fused-ring (bicyclic) bond motifs is 3. The van der Waals surface area contributed by atoms with Crippen LogP contribution in [0, 0.1) is 28.9 Å². The maximum atomic E-state index is 15.0. The van der Waals surface area contributed by atoms with Crippen LogP contribution in [0.1, 0.15) is 18.4 Å². The van der Waals surface area contributed by atoms with Gasteiger partial charge in [-0.05, 0) is 31.0 Å². The molecule has 36 heavy (non-hydrogen) atoms. The summed E-state index contributed by atoms with van der Waals surface area (Å²) in [6, 6.07) is 2.93.